The largest absolute Gasteiger partial charge is 0.346 e. The summed E-state index contributed by atoms with van der Waals surface area (Å²) in [5, 5.41) is 14.0. The van der Waals surface area contributed by atoms with Gasteiger partial charge in [0.25, 0.3) is 0 Å². The zero-order chi connectivity index (χ0) is 12.3. The maximum Gasteiger partial charge on any atom is 0.221 e. The van der Waals surface area contributed by atoms with E-state index in [1.165, 1.54) is 12.8 Å². The highest BCUT2D eigenvalue weighted by Gasteiger charge is 2.20. The molecule has 1 amide bonds. The number of hydrogen-bond acceptors (Lipinski definition) is 4. The van der Waals surface area contributed by atoms with E-state index in [2.05, 4.69) is 20.8 Å². The van der Waals surface area contributed by atoms with Gasteiger partial charge in [-0.3, -0.25) is 4.79 Å². The van der Waals surface area contributed by atoms with Gasteiger partial charge in [0, 0.05) is 26.1 Å². The monoisotopic (exact) mass is 237 g/mol. The normalized spacial score (nSPS) is 16.8. The Bertz CT molecular complexity index is 385. The molecule has 1 saturated carbocycles. The van der Waals surface area contributed by atoms with Crippen LogP contribution in [0, 0.1) is 0 Å². The lowest BCUT2D eigenvalue weighted by Crippen LogP contribution is -2.31. The summed E-state index contributed by atoms with van der Waals surface area (Å²) in [6.07, 6.45) is 4.64. The van der Waals surface area contributed by atoms with Gasteiger partial charge in [-0.25, -0.2) is 0 Å². The maximum atomic E-state index is 11.7. The molecule has 1 aromatic heterocycles. The van der Waals surface area contributed by atoms with Gasteiger partial charge >= 0.3 is 0 Å². The molecule has 0 aromatic carbocycles. The second-order valence-electron chi connectivity index (χ2n) is 4.57. The third kappa shape index (κ3) is 3.52. The molecular weight excluding hydrogens is 218 g/mol. The second kappa shape index (κ2) is 5.27. The average Bonchev–Trinajstić information content (AvgIpc) is 2.99. The van der Waals surface area contributed by atoms with Crippen LogP contribution < -0.4 is 10.6 Å². The Labute approximate surface area is 101 Å². The molecule has 2 rings (SSSR count). The van der Waals surface area contributed by atoms with Crippen molar-refractivity contribution >= 4 is 5.91 Å². The van der Waals surface area contributed by atoms with Crippen LogP contribution in [0.15, 0.2) is 6.33 Å². The minimum Gasteiger partial charge on any atom is -0.346 e. The van der Waals surface area contributed by atoms with Crippen LogP contribution in [-0.2, 0) is 11.8 Å². The summed E-state index contributed by atoms with van der Waals surface area (Å²) >= 11 is 0. The number of aromatic nitrogens is 3. The van der Waals surface area contributed by atoms with E-state index < -0.39 is 0 Å². The Morgan fingerprint density at radius 2 is 2.41 bits per heavy atom. The van der Waals surface area contributed by atoms with E-state index in [0.717, 1.165) is 12.4 Å². The molecule has 2 N–H and O–H groups in total. The van der Waals surface area contributed by atoms with Crippen LogP contribution in [0.1, 0.15) is 38.1 Å². The van der Waals surface area contributed by atoms with Crippen molar-refractivity contribution in [3.05, 3.63) is 12.2 Å². The Kier molecular flexibility index (Phi) is 3.73. The summed E-state index contributed by atoms with van der Waals surface area (Å²) in [6, 6.07) is 0.551. The Balaban J connectivity index is 1.71. The molecule has 1 aliphatic carbocycles. The number of aryl methyl sites for hydroxylation is 1. The number of rotatable bonds is 6. The third-order valence-electron chi connectivity index (χ3n) is 2.87. The van der Waals surface area contributed by atoms with Gasteiger partial charge in [0.15, 0.2) is 5.82 Å². The SMILES string of the molecule is CC(NC(=O)CCNC1CC1)c1nncn1C. The summed E-state index contributed by atoms with van der Waals surface area (Å²) in [5.41, 5.74) is 0. The van der Waals surface area contributed by atoms with Gasteiger partial charge in [-0.2, -0.15) is 0 Å². The molecule has 17 heavy (non-hydrogen) atoms. The smallest absolute Gasteiger partial charge is 0.221 e. The summed E-state index contributed by atoms with van der Waals surface area (Å²) < 4.78 is 1.81. The van der Waals surface area contributed by atoms with E-state index >= 15 is 0 Å². The van der Waals surface area contributed by atoms with Crippen molar-refractivity contribution in [2.24, 2.45) is 7.05 Å². The summed E-state index contributed by atoms with van der Waals surface area (Å²) in [5.74, 6) is 0.821. The summed E-state index contributed by atoms with van der Waals surface area (Å²) in [4.78, 5) is 11.7. The first kappa shape index (κ1) is 12.0. The van der Waals surface area contributed by atoms with E-state index in [1.54, 1.807) is 6.33 Å². The molecule has 1 fully saturated rings. The van der Waals surface area contributed by atoms with Crippen molar-refractivity contribution in [3.63, 3.8) is 0 Å². The van der Waals surface area contributed by atoms with Gasteiger partial charge in [-0.1, -0.05) is 0 Å². The molecule has 94 valence electrons. The molecule has 1 heterocycles. The molecule has 1 aliphatic rings. The minimum atomic E-state index is -0.101. The highest BCUT2D eigenvalue weighted by molar-refractivity contribution is 5.76. The molecule has 0 spiro atoms. The van der Waals surface area contributed by atoms with Crippen molar-refractivity contribution in [2.75, 3.05) is 6.54 Å². The van der Waals surface area contributed by atoms with Crippen LogP contribution in [0.25, 0.3) is 0 Å². The lowest BCUT2D eigenvalue weighted by molar-refractivity contribution is -0.121. The molecule has 6 nitrogen and oxygen atoms in total. The topological polar surface area (TPSA) is 71.8 Å². The molecule has 6 heteroatoms. The van der Waals surface area contributed by atoms with Crippen LogP contribution in [-0.4, -0.2) is 33.3 Å². The van der Waals surface area contributed by atoms with Crippen molar-refractivity contribution in [3.8, 4) is 0 Å². The third-order valence-corrected chi connectivity index (χ3v) is 2.87. The number of carbonyl (C=O) groups excluding carboxylic acids is 1. The quantitative estimate of drug-likeness (QED) is 0.738. The Morgan fingerprint density at radius 1 is 1.65 bits per heavy atom. The lowest BCUT2D eigenvalue weighted by atomic mass is 10.3. The highest BCUT2D eigenvalue weighted by atomic mass is 16.1. The Hall–Kier alpha value is -1.43. The maximum absolute atomic E-state index is 11.7. The fourth-order valence-electron chi connectivity index (χ4n) is 1.74. The van der Waals surface area contributed by atoms with E-state index in [1.807, 2.05) is 18.5 Å². The number of carbonyl (C=O) groups is 1. The van der Waals surface area contributed by atoms with Crippen molar-refractivity contribution in [1.82, 2.24) is 25.4 Å². The first-order chi connectivity index (χ1) is 8.16. The average molecular weight is 237 g/mol. The fraction of sp³-hybridized carbons (Fsp3) is 0.727. The highest BCUT2D eigenvalue weighted by Crippen LogP contribution is 2.18. The fourth-order valence-corrected chi connectivity index (χ4v) is 1.74. The first-order valence-corrected chi connectivity index (χ1v) is 6.03. The Morgan fingerprint density at radius 3 is 3.00 bits per heavy atom. The molecule has 0 radical (unpaired) electrons. The summed E-state index contributed by atoms with van der Waals surface area (Å²) in [6.45, 7) is 2.66. The van der Waals surface area contributed by atoms with E-state index in [9.17, 15) is 4.79 Å². The predicted molar refractivity (Wildman–Crippen MR) is 63.2 cm³/mol. The van der Waals surface area contributed by atoms with Gasteiger partial charge in [0.2, 0.25) is 5.91 Å². The van der Waals surface area contributed by atoms with E-state index in [-0.39, 0.29) is 11.9 Å². The lowest BCUT2D eigenvalue weighted by Gasteiger charge is -2.13. The van der Waals surface area contributed by atoms with Gasteiger partial charge in [0.05, 0.1) is 6.04 Å². The second-order valence-corrected chi connectivity index (χ2v) is 4.57. The molecule has 1 unspecified atom stereocenters. The van der Waals surface area contributed by atoms with Gasteiger partial charge in [-0.05, 0) is 19.8 Å². The van der Waals surface area contributed by atoms with Crippen LogP contribution >= 0.6 is 0 Å². The molecule has 1 atom stereocenters. The van der Waals surface area contributed by atoms with Gasteiger partial charge in [-0.15, -0.1) is 10.2 Å². The van der Waals surface area contributed by atoms with Crippen molar-refractivity contribution < 1.29 is 4.79 Å². The van der Waals surface area contributed by atoms with Crippen molar-refractivity contribution in [2.45, 2.75) is 38.3 Å². The predicted octanol–water partition coefficient (Wildman–Crippen LogP) is 0.134. The first-order valence-electron chi connectivity index (χ1n) is 6.03. The zero-order valence-corrected chi connectivity index (χ0v) is 10.3. The molecule has 0 aliphatic heterocycles. The van der Waals surface area contributed by atoms with Crippen molar-refractivity contribution in [1.29, 1.82) is 0 Å². The summed E-state index contributed by atoms with van der Waals surface area (Å²) in [7, 11) is 1.87. The van der Waals surface area contributed by atoms with Crippen LogP contribution in [0.2, 0.25) is 0 Å². The number of nitrogens with zero attached hydrogens (tertiary/aromatic N) is 3. The number of amides is 1. The molecule has 0 bridgehead atoms. The van der Waals surface area contributed by atoms with Gasteiger partial charge < -0.3 is 15.2 Å². The minimum absolute atomic E-state index is 0.0497. The van der Waals surface area contributed by atoms with E-state index in [4.69, 9.17) is 0 Å². The van der Waals surface area contributed by atoms with Gasteiger partial charge in [0.1, 0.15) is 6.33 Å². The van der Waals surface area contributed by atoms with E-state index in [0.29, 0.717) is 12.5 Å². The number of nitrogens with one attached hydrogen (secondary N) is 2. The zero-order valence-electron chi connectivity index (χ0n) is 10.3. The molecule has 0 saturated heterocycles. The van der Waals surface area contributed by atoms with Crippen LogP contribution in [0.4, 0.5) is 0 Å². The molecule has 1 aromatic rings. The standard InChI is InChI=1S/C11H19N5O/c1-8(11-15-13-7-16(11)2)14-10(17)5-6-12-9-3-4-9/h7-9,12H,3-6H2,1-2H3,(H,14,17). The number of hydrogen-bond donors (Lipinski definition) is 2. The van der Waals surface area contributed by atoms with Crippen LogP contribution in [0.3, 0.4) is 0 Å². The molecular formula is C11H19N5O. The van der Waals surface area contributed by atoms with Crippen LogP contribution in [0.5, 0.6) is 0 Å².